The standard InChI is InChI=1S/C57H68N6O13S3/c1-57(2,78-77-22-10-15-53(58)64)35-61(16-17-73-20-21-74-19-18-70-3)40-24-36(33-75-51-30-44-42(28-49(51)71-4)55(65)62-41(32-59-44)26-38-11-6-8-13-46(38)62)23-37(25-40)34-76-52-31-45-43(29-50(52)72-5)56(66)63-47-14-9-7-12-39(47)27-48(63)54(60-45)79(67,68)69/h6-9,11-14,23-25,28-31,41,48,54,59-60H,10,15-22,26-27,32-35H2,1-5H3,(H2,58,64)(H,67,68,69)/t41-,48-,54?/m0/s1. The summed E-state index contributed by atoms with van der Waals surface area (Å²) in [7, 11) is 3.30. The molecule has 0 saturated heterocycles. The van der Waals surface area contributed by atoms with Crippen molar-refractivity contribution in [1.29, 1.82) is 0 Å². The maximum Gasteiger partial charge on any atom is 0.288 e. The molecule has 19 nitrogen and oxygen atoms in total. The van der Waals surface area contributed by atoms with Gasteiger partial charge in [-0.05, 0) is 97.8 Å². The first-order valence-electron chi connectivity index (χ1n) is 26.2. The fourth-order valence-corrected chi connectivity index (χ4v) is 13.9. The van der Waals surface area contributed by atoms with Gasteiger partial charge in [0.15, 0.2) is 28.4 Å². The summed E-state index contributed by atoms with van der Waals surface area (Å²) in [5.74, 6) is 1.10. The number of amides is 3. The molecule has 5 aromatic rings. The average Bonchev–Trinajstić information content (AvgIpc) is 4.00. The van der Waals surface area contributed by atoms with Gasteiger partial charge in [0.2, 0.25) is 5.91 Å². The van der Waals surface area contributed by atoms with Crippen LogP contribution >= 0.6 is 21.6 Å². The second kappa shape index (κ2) is 25.4. The van der Waals surface area contributed by atoms with Crippen molar-refractivity contribution < 1.29 is 60.5 Å². The first-order valence-corrected chi connectivity index (χ1v) is 30.0. The molecule has 422 valence electrons. The quantitative estimate of drug-likeness (QED) is 0.0222. The molecule has 1 unspecified atom stereocenters. The molecular formula is C57H68N6O13S3. The lowest BCUT2D eigenvalue weighted by Gasteiger charge is -2.34. The van der Waals surface area contributed by atoms with E-state index in [-0.39, 0.29) is 65.0 Å². The van der Waals surface area contributed by atoms with Crippen molar-refractivity contribution >= 4 is 77.9 Å². The van der Waals surface area contributed by atoms with E-state index in [0.717, 1.165) is 45.8 Å². The number of fused-ring (bicyclic) bond motifs is 8. The highest BCUT2D eigenvalue weighted by Gasteiger charge is 2.47. The van der Waals surface area contributed by atoms with Crippen molar-refractivity contribution in [2.75, 3.05) is 105 Å². The lowest BCUT2D eigenvalue weighted by molar-refractivity contribution is -0.118. The normalized spacial score (nSPS) is 17.2. The lowest BCUT2D eigenvalue weighted by Crippen LogP contribution is -2.49. The lowest BCUT2D eigenvalue weighted by atomic mass is 10.1. The number of nitrogens with one attached hydrogen (secondary N) is 2. The monoisotopic (exact) mass is 1140 g/mol. The van der Waals surface area contributed by atoms with Gasteiger partial charge in [-0.15, -0.1) is 0 Å². The van der Waals surface area contributed by atoms with E-state index in [1.807, 2.05) is 53.4 Å². The summed E-state index contributed by atoms with van der Waals surface area (Å²) >= 11 is 0. The topological polar surface area (TPSA) is 230 Å². The van der Waals surface area contributed by atoms with Crippen LogP contribution in [-0.4, -0.2) is 133 Å². The first kappa shape index (κ1) is 57.3. The molecule has 5 aromatic carbocycles. The fraction of sp³-hybridized carbons (Fsp3) is 0.421. The summed E-state index contributed by atoms with van der Waals surface area (Å²) in [6.45, 7) is 8.12. The van der Waals surface area contributed by atoms with Crippen LogP contribution in [0.2, 0.25) is 0 Å². The van der Waals surface area contributed by atoms with Gasteiger partial charge in [-0.2, -0.15) is 8.42 Å². The molecule has 22 heteroatoms. The fourth-order valence-electron chi connectivity index (χ4n) is 10.5. The number of hydrogen-bond acceptors (Lipinski definition) is 17. The van der Waals surface area contributed by atoms with E-state index in [4.69, 9.17) is 38.9 Å². The molecule has 0 spiro atoms. The van der Waals surface area contributed by atoms with Crippen LogP contribution in [0, 0.1) is 0 Å². The third-order valence-corrected chi connectivity index (χ3v) is 18.5. The van der Waals surface area contributed by atoms with Gasteiger partial charge in [-0.1, -0.05) is 58.0 Å². The number of nitrogens with zero attached hydrogens (tertiary/aromatic N) is 3. The summed E-state index contributed by atoms with van der Waals surface area (Å²) < 4.78 is 78.3. The predicted molar refractivity (Wildman–Crippen MR) is 308 cm³/mol. The Labute approximate surface area is 469 Å². The Morgan fingerprint density at radius 2 is 1.34 bits per heavy atom. The molecule has 4 aliphatic heterocycles. The highest BCUT2D eigenvalue weighted by Crippen LogP contribution is 2.45. The molecule has 0 aliphatic carbocycles. The van der Waals surface area contributed by atoms with Gasteiger partial charge in [0.1, 0.15) is 13.2 Å². The smallest absolute Gasteiger partial charge is 0.288 e. The van der Waals surface area contributed by atoms with Crippen molar-refractivity contribution in [1.82, 2.24) is 0 Å². The van der Waals surface area contributed by atoms with Crippen molar-refractivity contribution in [3.05, 3.63) is 124 Å². The number of nitrogens with two attached hydrogens (primary N) is 1. The van der Waals surface area contributed by atoms with Gasteiger partial charge in [0, 0.05) is 72.9 Å². The Hall–Kier alpha value is -6.40. The number of carbonyl (C=O) groups excluding carboxylic acids is 3. The van der Waals surface area contributed by atoms with Crippen LogP contribution in [0.5, 0.6) is 23.0 Å². The van der Waals surface area contributed by atoms with E-state index < -0.39 is 27.4 Å². The molecule has 0 saturated carbocycles. The minimum absolute atomic E-state index is 0.0141. The Bertz CT molecular complexity index is 3150. The Morgan fingerprint density at radius 3 is 1.97 bits per heavy atom. The van der Waals surface area contributed by atoms with Gasteiger partial charge in [0.25, 0.3) is 21.9 Å². The predicted octanol–water partition coefficient (Wildman–Crippen LogP) is 7.98. The zero-order chi connectivity index (χ0) is 55.8. The van der Waals surface area contributed by atoms with E-state index >= 15 is 0 Å². The van der Waals surface area contributed by atoms with Crippen LogP contribution in [0.15, 0.2) is 91.0 Å². The molecule has 0 aromatic heterocycles. The Kier molecular flexibility index (Phi) is 18.4. The molecule has 3 atom stereocenters. The van der Waals surface area contributed by atoms with E-state index in [0.29, 0.717) is 93.9 Å². The second-order valence-corrected chi connectivity index (χ2v) is 24.9. The molecule has 5 N–H and O–H groups in total. The number of methoxy groups -OCH3 is 3. The highest BCUT2D eigenvalue weighted by molar-refractivity contribution is 8.77. The van der Waals surface area contributed by atoms with Gasteiger partial charge in [-0.25, -0.2) is 0 Å². The van der Waals surface area contributed by atoms with Crippen molar-refractivity contribution in [2.24, 2.45) is 5.73 Å². The Balaban J connectivity index is 1.03. The average molecular weight is 1140 g/mol. The SMILES string of the molecule is COCCOCCOCCN(CC(C)(C)SSCCCC(N)=O)c1cc(COc2cc3c(cc2OC)C(=O)N2c4ccccc4C[C@H]2CN3)cc(COc2cc3c(cc2OC)C(=O)N2c4ccccc4C[C@H]2C(S(=O)(=O)O)N3)c1. The number of carbonyl (C=O) groups is 3. The van der Waals surface area contributed by atoms with Crippen LogP contribution in [-0.2, 0) is 55.2 Å². The molecule has 4 aliphatic rings. The first-order chi connectivity index (χ1) is 38.0. The number of benzene rings is 5. The van der Waals surface area contributed by atoms with Crippen LogP contribution in [0.3, 0.4) is 0 Å². The van der Waals surface area contributed by atoms with Gasteiger partial charge in [-0.3, -0.25) is 18.9 Å². The summed E-state index contributed by atoms with van der Waals surface area (Å²) in [5, 5.41) is 4.95. The summed E-state index contributed by atoms with van der Waals surface area (Å²) in [4.78, 5) is 45.7. The number of rotatable bonds is 27. The van der Waals surface area contributed by atoms with Gasteiger partial charge < -0.3 is 64.2 Å². The van der Waals surface area contributed by atoms with Crippen LogP contribution in [0.4, 0.5) is 28.4 Å². The number of hydrogen-bond donors (Lipinski definition) is 4. The van der Waals surface area contributed by atoms with E-state index in [2.05, 4.69) is 41.5 Å². The van der Waals surface area contributed by atoms with Crippen molar-refractivity contribution in [2.45, 2.75) is 74.9 Å². The molecule has 79 heavy (non-hydrogen) atoms. The number of primary amides is 1. The summed E-state index contributed by atoms with van der Waals surface area (Å²) in [5.41, 5.74) is 12.6. The van der Waals surface area contributed by atoms with E-state index in [9.17, 15) is 27.4 Å². The third-order valence-electron chi connectivity index (χ3n) is 14.1. The molecule has 0 bridgehead atoms. The molecule has 4 heterocycles. The summed E-state index contributed by atoms with van der Waals surface area (Å²) in [6, 6.07) is 26.8. The van der Waals surface area contributed by atoms with Crippen molar-refractivity contribution in [3.8, 4) is 23.0 Å². The largest absolute Gasteiger partial charge is 0.493 e. The Morgan fingerprint density at radius 1 is 0.759 bits per heavy atom. The van der Waals surface area contributed by atoms with Crippen molar-refractivity contribution in [3.63, 3.8) is 0 Å². The zero-order valence-corrected chi connectivity index (χ0v) is 47.4. The number of ether oxygens (including phenoxy) is 7. The molecule has 0 radical (unpaired) electrons. The van der Waals surface area contributed by atoms with Crippen LogP contribution < -0.4 is 50.0 Å². The minimum atomic E-state index is -4.74. The molecular weight excluding hydrogens is 1070 g/mol. The maximum atomic E-state index is 14.4. The molecule has 0 fully saturated rings. The number of anilines is 5. The van der Waals surface area contributed by atoms with Crippen LogP contribution in [0.25, 0.3) is 0 Å². The number of para-hydroxylation sites is 2. The van der Waals surface area contributed by atoms with Gasteiger partial charge in [0.05, 0.1) is 81.8 Å². The van der Waals surface area contributed by atoms with E-state index in [1.165, 1.54) is 24.1 Å². The van der Waals surface area contributed by atoms with Crippen LogP contribution in [0.1, 0.15) is 69.7 Å². The zero-order valence-electron chi connectivity index (χ0n) is 45.0. The summed E-state index contributed by atoms with van der Waals surface area (Å²) in [6.07, 6.45) is 1.93. The molecule has 9 rings (SSSR count). The van der Waals surface area contributed by atoms with E-state index in [1.54, 1.807) is 54.0 Å². The van der Waals surface area contributed by atoms with Gasteiger partial charge >= 0.3 is 0 Å². The maximum absolute atomic E-state index is 14.4. The highest BCUT2D eigenvalue weighted by atomic mass is 33.1. The minimum Gasteiger partial charge on any atom is -0.493 e. The second-order valence-electron chi connectivity index (χ2n) is 20.3. The third kappa shape index (κ3) is 13.4. The molecule has 3 amide bonds.